The van der Waals surface area contributed by atoms with Crippen molar-refractivity contribution in [1.29, 1.82) is 0 Å². The third kappa shape index (κ3) is 1.94. The zero-order valence-electron chi connectivity index (χ0n) is 8.84. The fourth-order valence-corrected chi connectivity index (χ4v) is 1.97. The third-order valence-electron chi connectivity index (χ3n) is 2.75. The predicted octanol–water partition coefficient (Wildman–Crippen LogP) is 3.40. The number of hydrogen-bond donors (Lipinski definition) is 1. The molecule has 1 heterocycles. The number of halogens is 1. The maximum Gasteiger partial charge on any atom is 0.0484 e. The first-order valence-electron chi connectivity index (χ1n) is 5.00. The lowest BCUT2D eigenvalue weighted by molar-refractivity contribution is 0.395. The minimum Gasteiger partial charge on any atom is -0.303 e. The minimum absolute atomic E-state index is 0.338. The SMILES string of the molecule is CC(C)(C)C1NC1c1ccc(Cl)cc1. The quantitative estimate of drug-likeness (QED) is 0.704. The fraction of sp³-hybridized carbons (Fsp3) is 0.500. The first kappa shape index (κ1) is 10.0. The normalized spacial score (nSPS) is 26.3. The molecule has 0 radical (unpaired) electrons. The van der Waals surface area contributed by atoms with Crippen LogP contribution in [0.5, 0.6) is 0 Å². The molecule has 0 aliphatic carbocycles. The minimum atomic E-state index is 0.338. The average molecular weight is 210 g/mol. The van der Waals surface area contributed by atoms with Crippen molar-refractivity contribution in [1.82, 2.24) is 5.32 Å². The molecule has 1 aromatic carbocycles. The molecule has 2 heteroatoms. The summed E-state index contributed by atoms with van der Waals surface area (Å²) < 4.78 is 0. The molecule has 1 aliphatic rings. The van der Waals surface area contributed by atoms with E-state index in [1.54, 1.807) is 0 Å². The van der Waals surface area contributed by atoms with Crippen molar-refractivity contribution >= 4 is 11.6 Å². The van der Waals surface area contributed by atoms with Gasteiger partial charge in [-0.2, -0.15) is 0 Å². The van der Waals surface area contributed by atoms with Gasteiger partial charge in [-0.25, -0.2) is 0 Å². The van der Waals surface area contributed by atoms with Crippen molar-refractivity contribution in [3.8, 4) is 0 Å². The highest BCUT2D eigenvalue weighted by Gasteiger charge is 2.45. The fourth-order valence-electron chi connectivity index (χ4n) is 1.85. The second-order valence-corrected chi connectivity index (χ2v) is 5.48. The van der Waals surface area contributed by atoms with E-state index in [-0.39, 0.29) is 0 Å². The molecule has 0 saturated carbocycles. The summed E-state index contributed by atoms with van der Waals surface area (Å²) in [6.07, 6.45) is 0. The van der Waals surface area contributed by atoms with Gasteiger partial charge in [-0.15, -0.1) is 0 Å². The van der Waals surface area contributed by atoms with Crippen LogP contribution in [0.3, 0.4) is 0 Å². The Morgan fingerprint density at radius 1 is 1.14 bits per heavy atom. The summed E-state index contributed by atoms with van der Waals surface area (Å²) in [5.74, 6) is 0. The summed E-state index contributed by atoms with van der Waals surface area (Å²) >= 11 is 5.84. The lowest BCUT2D eigenvalue weighted by Crippen LogP contribution is -2.16. The smallest absolute Gasteiger partial charge is 0.0484 e. The molecule has 76 valence electrons. The molecule has 2 atom stereocenters. The van der Waals surface area contributed by atoms with Crippen molar-refractivity contribution in [2.75, 3.05) is 0 Å². The Morgan fingerprint density at radius 2 is 1.71 bits per heavy atom. The van der Waals surface area contributed by atoms with E-state index in [4.69, 9.17) is 11.6 Å². The van der Waals surface area contributed by atoms with Crippen molar-refractivity contribution in [2.45, 2.75) is 32.9 Å². The molecule has 0 amide bonds. The summed E-state index contributed by atoms with van der Waals surface area (Å²) in [6.45, 7) is 6.79. The molecule has 1 saturated heterocycles. The van der Waals surface area contributed by atoms with Gasteiger partial charge in [0.15, 0.2) is 0 Å². The van der Waals surface area contributed by atoms with Crippen molar-refractivity contribution in [2.24, 2.45) is 5.41 Å². The number of rotatable bonds is 1. The lowest BCUT2D eigenvalue weighted by Gasteiger charge is -2.16. The van der Waals surface area contributed by atoms with E-state index in [0.29, 0.717) is 17.5 Å². The van der Waals surface area contributed by atoms with Gasteiger partial charge in [-0.3, -0.25) is 0 Å². The highest BCUT2D eigenvalue weighted by atomic mass is 35.5. The van der Waals surface area contributed by atoms with E-state index >= 15 is 0 Å². The van der Waals surface area contributed by atoms with Crippen LogP contribution in [0.2, 0.25) is 5.02 Å². The van der Waals surface area contributed by atoms with Crippen LogP contribution < -0.4 is 5.32 Å². The monoisotopic (exact) mass is 209 g/mol. The molecule has 0 bridgehead atoms. The highest BCUT2D eigenvalue weighted by Crippen LogP contribution is 2.41. The Morgan fingerprint density at radius 3 is 2.14 bits per heavy atom. The lowest BCUT2D eigenvalue weighted by atomic mass is 9.88. The molecule has 1 nitrogen and oxygen atoms in total. The summed E-state index contributed by atoms with van der Waals surface area (Å²) in [4.78, 5) is 0. The summed E-state index contributed by atoms with van der Waals surface area (Å²) in [6, 6.07) is 9.24. The van der Waals surface area contributed by atoms with Crippen molar-refractivity contribution in [3.05, 3.63) is 34.9 Å². The van der Waals surface area contributed by atoms with Crippen LogP contribution in [-0.4, -0.2) is 6.04 Å². The van der Waals surface area contributed by atoms with Gasteiger partial charge < -0.3 is 5.32 Å². The van der Waals surface area contributed by atoms with Crippen LogP contribution in [-0.2, 0) is 0 Å². The van der Waals surface area contributed by atoms with E-state index in [0.717, 1.165) is 5.02 Å². The molecule has 2 unspecified atom stereocenters. The highest BCUT2D eigenvalue weighted by molar-refractivity contribution is 6.30. The van der Waals surface area contributed by atoms with E-state index in [9.17, 15) is 0 Å². The number of hydrogen-bond acceptors (Lipinski definition) is 1. The zero-order chi connectivity index (χ0) is 10.3. The van der Waals surface area contributed by atoms with Gasteiger partial charge in [0, 0.05) is 17.1 Å². The Bertz CT molecular complexity index is 323. The van der Waals surface area contributed by atoms with Gasteiger partial charge in [0.05, 0.1) is 0 Å². The van der Waals surface area contributed by atoms with Crippen LogP contribution in [0.15, 0.2) is 24.3 Å². The second-order valence-electron chi connectivity index (χ2n) is 5.04. The summed E-state index contributed by atoms with van der Waals surface area (Å²) in [5, 5.41) is 4.31. The van der Waals surface area contributed by atoms with Crippen LogP contribution in [0.1, 0.15) is 32.4 Å². The van der Waals surface area contributed by atoms with Gasteiger partial charge in [-0.1, -0.05) is 44.5 Å². The van der Waals surface area contributed by atoms with Gasteiger partial charge in [0.1, 0.15) is 0 Å². The summed E-state index contributed by atoms with van der Waals surface area (Å²) in [5.41, 5.74) is 1.68. The Labute approximate surface area is 90.5 Å². The summed E-state index contributed by atoms with van der Waals surface area (Å²) in [7, 11) is 0. The topological polar surface area (TPSA) is 21.9 Å². The van der Waals surface area contributed by atoms with E-state index in [1.165, 1.54) is 5.56 Å². The largest absolute Gasteiger partial charge is 0.303 e. The molecule has 1 aliphatic heterocycles. The van der Waals surface area contributed by atoms with Crippen LogP contribution >= 0.6 is 11.6 Å². The van der Waals surface area contributed by atoms with E-state index in [2.05, 4.69) is 38.2 Å². The first-order valence-corrected chi connectivity index (χ1v) is 5.38. The van der Waals surface area contributed by atoms with Crippen molar-refractivity contribution < 1.29 is 0 Å². The standard InChI is InChI=1S/C12H16ClN/c1-12(2,3)11-10(14-11)8-4-6-9(13)7-5-8/h4-7,10-11,14H,1-3H3. The molecule has 1 fully saturated rings. The number of nitrogens with one attached hydrogen (secondary N) is 1. The van der Waals surface area contributed by atoms with Gasteiger partial charge in [0.25, 0.3) is 0 Å². The van der Waals surface area contributed by atoms with Crippen LogP contribution in [0.25, 0.3) is 0 Å². The van der Waals surface area contributed by atoms with Gasteiger partial charge >= 0.3 is 0 Å². The van der Waals surface area contributed by atoms with Crippen molar-refractivity contribution in [3.63, 3.8) is 0 Å². The number of benzene rings is 1. The predicted molar refractivity (Wildman–Crippen MR) is 60.6 cm³/mol. The average Bonchev–Trinajstić information content (AvgIpc) is 2.83. The molecule has 0 spiro atoms. The second kappa shape index (κ2) is 3.25. The first-order chi connectivity index (χ1) is 6.48. The molecular formula is C12H16ClN. The molecule has 1 aromatic rings. The van der Waals surface area contributed by atoms with Gasteiger partial charge in [0.2, 0.25) is 0 Å². The van der Waals surface area contributed by atoms with Crippen LogP contribution in [0, 0.1) is 5.41 Å². The Kier molecular flexibility index (Phi) is 2.32. The van der Waals surface area contributed by atoms with E-state index in [1.807, 2.05) is 12.1 Å². The Balaban J connectivity index is 2.10. The molecule has 2 rings (SSSR count). The zero-order valence-corrected chi connectivity index (χ0v) is 9.60. The maximum atomic E-state index is 5.84. The maximum absolute atomic E-state index is 5.84. The molecular weight excluding hydrogens is 194 g/mol. The van der Waals surface area contributed by atoms with E-state index < -0.39 is 0 Å². The van der Waals surface area contributed by atoms with Crippen LogP contribution in [0.4, 0.5) is 0 Å². The Hall–Kier alpha value is -0.530. The van der Waals surface area contributed by atoms with Gasteiger partial charge in [-0.05, 0) is 23.1 Å². The third-order valence-corrected chi connectivity index (χ3v) is 3.00. The molecule has 0 aromatic heterocycles. The molecule has 1 N–H and O–H groups in total. The molecule has 14 heavy (non-hydrogen) atoms.